The molecule has 1 N–H and O–H groups in total. The first-order valence-corrected chi connectivity index (χ1v) is 3.63. The van der Waals surface area contributed by atoms with E-state index in [1.165, 1.54) is 0 Å². The molecule has 11 heavy (non-hydrogen) atoms. The van der Waals surface area contributed by atoms with Gasteiger partial charge < -0.3 is 19.3 Å². The van der Waals surface area contributed by atoms with E-state index in [-0.39, 0.29) is 19.0 Å². The van der Waals surface area contributed by atoms with Gasteiger partial charge >= 0.3 is 0 Å². The lowest BCUT2D eigenvalue weighted by Crippen LogP contribution is -2.42. The van der Waals surface area contributed by atoms with Crippen molar-refractivity contribution in [3.63, 3.8) is 0 Å². The number of aliphatic hydroxyl groups is 1. The molecular weight excluding hydrogens is 148 g/mol. The molecule has 1 saturated heterocycles. The lowest BCUT2D eigenvalue weighted by molar-refractivity contribution is -0.211. The van der Waals surface area contributed by atoms with Crippen molar-refractivity contribution in [2.75, 3.05) is 20.8 Å². The van der Waals surface area contributed by atoms with Crippen LogP contribution in [0, 0.1) is 0 Å². The maximum absolute atomic E-state index is 9.28. The first kappa shape index (κ1) is 8.93. The third-order valence-electron chi connectivity index (χ3n) is 1.87. The smallest absolute Gasteiger partial charge is 0.159 e. The van der Waals surface area contributed by atoms with Crippen LogP contribution < -0.4 is 0 Å². The largest absolute Gasteiger partial charge is 0.388 e. The normalized spacial score (nSPS) is 39.0. The summed E-state index contributed by atoms with van der Waals surface area (Å²) < 4.78 is 15.1. The highest BCUT2D eigenvalue weighted by Crippen LogP contribution is 2.16. The fourth-order valence-corrected chi connectivity index (χ4v) is 1.15. The number of rotatable bonds is 2. The Morgan fingerprint density at radius 3 is 2.64 bits per heavy atom. The molecule has 1 rings (SSSR count). The van der Waals surface area contributed by atoms with Crippen molar-refractivity contribution in [2.45, 2.75) is 24.9 Å². The van der Waals surface area contributed by atoms with Gasteiger partial charge in [-0.15, -0.1) is 0 Å². The van der Waals surface area contributed by atoms with E-state index in [2.05, 4.69) is 0 Å². The van der Waals surface area contributed by atoms with Crippen molar-refractivity contribution in [3.8, 4) is 0 Å². The molecule has 4 heteroatoms. The SMILES string of the molecule is COC1CC(OC)C(O)CO1. The lowest BCUT2D eigenvalue weighted by atomic mass is 10.1. The van der Waals surface area contributed by atoms with Crippen LogP contribution in [0.4, 0.5) is 0 Å². The highest BCUT2D eigenvalue weighted by Gasteiger charge is 2.29. The zero-order valence-electron chi connectivity index (χ0n) is 6.82. The van der Waals surface area contributed by atoms with Gasteiger partial charge in [0.05, 0.1) is 12.7 Å². The van der Waals surface area contributed by atoms with Crippen LogP contribution in [0.1, 0.15) is 6.42 Å². The molecular formula is C7H14O4. The summed E-state index contributed by atoms with van der Waals surface area (Å²) in [6.45, 7) is 0.289. The topological polar surface area (TPSA) is 47.9 Å². The fourth-order valence-electron chi connectivity index (χ4n) is 1.15. The van der Waals surface area contributed by atoms with Gasteiger partial charge in [-0.25, -0.2) is 0 Å². The third kappa shape index (κ3) is 2.13. The van der Waals surface area contributed by atoms with E-state index in [1.54, 1.807) is 14.2 Å². The molecule has 0 radical (unpaired) electrons. The van der Waals surface area contributed by atoms with E-state index >= 15 is 0 Å². The molecule has 0 aromatic rings. The summed E-state index contributed by atoms with van der Waals surface area (Å²) in [7, 11) is 3.15. The second kappa shape index (κ2) is 4.01. The maximum Gasteiger partial charge on any atom is 0.159 e. The van der Waals surface area contributed by atoms with Crippen molar-refractivity contribution in [1.82, 2.24) is 0 Å². The van der Waals surface area contributed by atoms with Crippen LogP contribution in [0.2, 0.25) is 0 Å². The van der Waals surface area contributed by atoms with Gasteiger partial charge in [0.25, 0.3) is 0 Å². The minimum atomic E-state index is -0.522. The number of aliphatic hydroxyl groups excluding tert-OH is 1. The summed E-state index contributed by atoms with van der Waals surface area (Å²) in [5.74, 6) is 0. The van der Waals surface area contributed by atoms with Gasteiger partial charge in [-0.2, -0.15) is 0 Å². The van der Waals surface area contributed by atoms with Gasteiger partial charge in [0, 0.05) is 20.6 Å². The van der Waals surface area contributed by atoms with Gasteiger partial charge in [-0.05, 0) is 0 Å². The second-order valence-electron chi connectivity index (χ2n) is 2.58. The van der Waals surface area contributed by atoms with E-state index < -0.39 is 6.10 Å². The highest BCUT2D eigenvalue weighted by molar-refractivity contribution is 4.74. The zero-order valence-corrected chi connectivity index (χ0v) is 6.82. The van der Waals surface area contributed by atoms with Crippen molar-refractivity contribution in [1.29, 1.82) is 0 Å². The van der Waals surface area contributed by atoms with Crippen LogP contribution in [0.5, 0.6) is 0 Å². The first-order chi connectivity index (χ1) is 5.27. The number of ether oxygens (including phenoxy) is 3. The molecule has 1 heterocycles. The Morgan fingerprint density at radius 2 is 2.09 bits per heavy atom. The average Bonchev–Trinajstić information content (AvgIpc) is 2.05. The van der Waals surface area contributed by atoms with Gasteiger partial charge in [0.15, 0.2) is 6.29 Å². The van der Waals surface area contributed by atoms with Gasteiger partial charge in [0.1, 0.15) is 6.10 Å². The summed E-state index contributed by atoms with van der Waals surface area (Å²) in [5.41, 5.74) is 0. The standard InChI is InChI=1S/C7H14O4/c1-9-6-3-7(10-2)11-4-5(6)8/h5-8H,3-4H2,1-2H3. The van der Waals surface area contributed by atoms with E-state index in [4.69, 9.17) is 14.2 Å². The highest BCUT2D eigenvalue weighted by atomic mass is 16.7. The maximum atomic E-state index is 9.28. The Balaban J connectivity index is 2.37. The average molecular weight is 162 g/mol. The Labute approximate surface area is 66.1 Å². The van der Waals surface area contributed by atoms with Crippen LogP contribution in [0.15, 0.2) is 0 Å². The molecule has 0 amide bonds. The molecule has 0 saturated carbocycles. The molecule has 0 spiro atoms. The summed E-state index contributed by atoms with van der Waals surface area (Å²) in [4.78, 5) is 0. The second-order valence-corrected chi connectivity index (χ2v) is 2.58. The molecule has 0 aromatic heterocycles. The molecule has 3 atom stereocenters. The van der Waals surface area contributed by atoms with Crippen LogP contribution in [-0.2, 0) is 14.2 Å². The fraction of sp³-hybridized carbons (Fsp3) is 1.00. The summed E-state index contributed by atoms with van der Waals surface area (Å²) in [5, 5.41) is 9.28. The molecule has 1 aliphatic heterocycles. The molecule has 0 aromatic carbocycles. The minimum absolute atomic E-state index is 0.159. The van der Waals surface area contributed by atoms with Gasteiger partial charge in [-0.1, -0.05) is 0 Å². The summed E-state index contributed by atoms with van der Waals surface area (Å²) in [6.07, 6.45) is -0.322. The molecule has 66 valence electrons. The Hall–Kier alpha value is -0.160. The molecule has 4 nitrogen and oxygen atoms in total. The molecule has 3 unspecified atom stereocenters. The van der Waals surface area contributed by atoms with Crippen LogP contribution >= 0.6 is 0 Å². The van der Waals surface area contributed by atoms with Crippen molar-refractivity contribution in [3.05, 3.63) is 0 Å². The van der Waals surface area contributed by atoms with Crippen LogP contribution in [0.3, 0.4) is 0 Å². The Kier molecular flexibility index (Phi) is 3.26. The van der Waals surface area contributed by atoms with E-state index in [0.29, 0.717) is 6.42 Å². The number of hydrogen-bond acceptors (Lipinski definition) is 4. The van der Waals surface area contributed by atoms with Crippen molar-refractivity contribution >= 4 is 0 Å². The Morgan fingerprint density at radius 1 is 1.36 bits per heavy atom. The van der Waals surface area contributed by atoms with E-state index in [1.807, 2.05) is 0 Å². The quantitative estimate of drug-likeness (QED) is 0.608. The van der Waals surface area contributed by atoms with Gasteiger partial charge in [0.2, 0.25) is 0 Å². The van der Waals surface area contributed by atoms with Crippen molar-refractivity contribution in [2.24, 2.45) is 0 Å². The van der Waals surface area contributed by atoms with Crippen LogP contribution in [0.25, 0.3) is 0 Å². The first-order valence-electron chi connectivity index (χ1n) is 3.63. The lowest BCUT2D eigenvalue weighted by Gasteiger charge is -2.31. The number of hydrogen-bond donors (Lipinski definition) is 1. The van der Waals surface area contributed by atoms with Crippen molar-refractivity contribution < 1.29 is 19.3 Å². The van der Waals surface area contributed by atoms with E-state index in [9.17, 15) is 5.11 Å². The molecule has 0 bridgehead atoms. The minimum Gasteiger partial charge on any atom is -0.388 e. The van der Waals surface area contributed by atoms with Gasteiger partial charge in [-0.3, -0.25) is 0 Å². The predicted molar refractivity (Wildman–Crippen MR) is 38.2 cm³/mol. The molecule has 1 aliphatic rings. The third-order valence-corrected chi connectivity index (χ3v) is 1.87. The number of methoxy groups -OCH3 is 2. The summed E-state index contributed by atoms with van der Waals surface area (Å²) >= 11 is 0. The van der Waals surface area contributed by atoms with Crippen LogP contribution in [-0.4, -0.2) is 44.4 Å². The summed E-state index contributed by atoms with van der Waals surface area (Å²) in [6, 6.07) is 0. The van der Waals surface area contributed by atoms with E-state index in [0.717, 1.165) is 0 Å². The monoisotopic (exact) mass is 162 g/mol. The Bertz CT molecular complexity index is 117. The molecule has 0 aliphatic carbocycles. The zero-order chi connectivity index (χ0) is 8.27. The molecule has 1 fully saturated rings. The predicted octanol–water partition coefficient (Wildman–Crippen LogP) is -0.245.